The second-order valence-corrected chi connectivity index (χ2v) is 5.74. The number of methoxy groups -OCH3 is 1. The number of rotatable bonds is 7. The Morgan fingerprint density at radius 1 is 1.08 bits per heavy atom. The summed E-state index contributed by atoms with van der Waals surface area (Å²) >= 11 is 0. The van der Waals surface area contributed by atoms with Crippen LogP contribution in [0.4, 0.5) is 0 Å². The second-order valence-electron chi connectivity index (χ2n) is 5.74. The van der Waals surface area contributed by atoms with Crippen molar-refractivity contribution in [2.45, 2.75) is 39.8 Å². The molecule has 0 spiro atoms. The molecule has 128 valence electrons. The molecule has 2 rings (SSSR count). The Labute approximate surface area is 143 Å². The standard InChI is InChI=1S/C20H25NO3/c1-5-17(24-18-12-8-9-14(2)15(18)3)20(22)21-13-16-10-6-7-11-19(16)23-4/h6-12,17H,5,13H2,1-4H3,(H,21,22)/t17-/m1/s1. The highest BCUT2D eigenvalue weighted by atomic mass is 16.5. The van der Waals surface area contributed by atoms with E-state index in [9.17, 15) is 4.79 Å². The van der Waals surface area contributed by atoms with E-state index in [1.54, 1.807) is 7.11 Å². The lowest BCUT2D eigenvalue weighted by atomic mass is 10.1. The molecule has 0 fully saturated rings. The van der Waals surface area contributed by atoms with E-state index in [0.717, 1.165) is 28.2 Å². The molecule has 1 atom stereocenters. The topological polar surface area (TPSA) is 47.6 Å². The quantitative estimate of drug-likeness (QED) is 0.842. The zero-order valence-corrected chi connectivity index (χ0v) is 14.8. The zero-order valence-electron chi connectivity index (χ0n) is 14.8. The van der Waals surface area contributed by atoms with Gasteiger partial charge in [-0.05, 0) is 43.5 Å². The van der Waals surface area contributed by atoms with E-state index in [1.807, 2.05) is 63.2 Å². The second kappa shape index (κ2) is 8.39. The molecule has 0 aliphatic carbocycles. The fourth-order valence-electron chi connectivity index (χ4n) is 2.47. The van der Waals surface area contributed by atoms with Crippen molar-refractivity contribution < 1.29 is 14.3 Å². The largest absolute Gasteiger partial charge is 0.496 e. The highest BCUT2D eigenvalue weighted by Crippen LogP contribution is 2.22. The number of hydrogen-bond acceptors (Lipinski definition) is 3. The van der Waals surface area contributed by atoms with Gasteiger partial charge >= 0.3 is 0 Å². The Balaban J connectivity index is 2.02. The van der Waals surface area contributed by atoms with Crippen molar-refractivity contribution in [3.05, 3.63) is 59.2 Å². The molecule has 0 bridgehead atoms. The van der Waals surface area contributed by atoms with Gasteiger partial charge in [-0.1, -0.05) is 37.3 Å². The van der Waals surface area contributed by atoms with Gasteiger partial charge < -0.3 is 14.8 Å². The van der Waals surface area contributed by atoms with Crippen LogP contribution in [0, 0.1) is 13.8 Å². The number of amides is 1. The number of carbonyl (C=O) groups excluding carboxylic acids is 1. The van der Waals surface area contributed by atoms with Gasteiger partial charge in [0.05, 0.1) is 7.11 Å². The maximum absolute atomic E-state index is 12.5. The molecule has 0 saturated carbocycles. The van der Waals surface area contributed by atoms with Crippen LogP contribution in [0.15, 0.2) is 42.5 Å². The molecule has 0 aliphatic heterocycles. The van der Waals surface area contributed by atoms with E-state index in [1.165, 1.54) is 0 Å². The molecule has 2 aromatic carbocycles. The third-order valence-corrected chi connectivity index (χ3v) is 4.13. The molecule has 1 amide bonds. The van der Waals surface area contributed by atoms with Crippen molar-refractivity contribution in [1.82, 2.24) is 5.32 Å². The third kappa shape index (κ3) is 4.28. The number of nitrogens with one attached hydrogen (secondary N) is 1. The monoisotopic (exact) mass is 327 g/mol. The molecule has 4 nitrogen and oxygen atoms in total. The Bertz CT molecular complexity index is 697. The molecule has 4 heteroatoms. The first-order valence-corrected chi connectivity index (χ1v) is 8.19. The smallest absolute Gasteiger partial charge is 0.261 e. The zero-order chi connectivity index (χ0) is 17.5. The molecule has 1 N–H and O–H groups in total. The SMILES string of the molecule is CC[C@@H](Oc1cccc(C)c1C)C(=O)NCc1ccccc1OC. The van der Waals surface area contributed by atoms with Crippen LogP contribution in [0.1, 0.15) is 30.0 Å². The molecule has 0 radical (unpaired) electrons. The van der Waals surface area contributed by atoms with Gasteiger partial charge in [0.15, 0.2) is 6.10 Å². The first kappa shape index (κ1) is 17.9. The molecular formula is C20H25NO3. The lowest BCUT2D eigenvalue weighted by Gasteiger charge is -2.19. The highest BCUT2D eigenvalue weighted by molar-refractivity contribution is 5.81. The van der Waals surface area contributed by atoms with Crippen LogP contribution in [0.25, 0.3) is 0 Å². The summed E-state index contributed by atoms with van der Waals surface area (Å²) in [5.74, 6) is 1.40. The highest BCUT2D eigenvalue weighted by Gasteiger charge is 2.19. The molecular weight excluding hydrogens is 302 g/mol. The summed E-state index contributed by atoms with van der Waals surface area (Å²) < 4.78 is 11.2. The molecule has 0 saturated heterocycles. The normalized spacial score (nSPS) is 11.7. The van der Waals surface area contributed by atoms with Crippen molar-refractivity contribution in [2.75, 3.05) is 7.11 Å². The molecule has 24 heavy (non-hydrogen) atoms. The van der Waals surface area contributed by atoms with Gasteiger partial charge in [0.25, 0.3) is 5.91 Å². The van der Waals surface area contributed by atoms with Gasteiger partial charge in [0.2, 0.25) is 0 Å². The fraction of sp³-hybridized carbons (Fsp3) is 0.350. The van der Waals surface area contributed by atoms with Crippen LogP contribution < -0.4 is 14.8 Å². The summed E-state index contributed by atoms with van der Waals surface area (Å²) in [5, 5.41) is 2.94. The van der Waals surface area contributed by atoms with Crippen molar-refractivity contribution in [1.29, 1.82) is 0 Å². The predicted molar refractivity (Wildman–Crippen MR) is 95.5 cm³/mol. The van der Waals surface area contributed by atoms with E-state index in [-0.39, 0.29) is 5.91 Å². The number of hydrogen-bond donors (Lipinski definition) is 1. The summed E-state index contributed by atoms with van der Waals surface area (Å²) in [6, 6.07) is 13.5. The minimum absolute atomic E-state index is 0.121. The van der Waals surface area contributed by atoms with E-state index in [0.29, 0.717) is 13.0 Å². The van der Waals surface area contributed by atoms with Crippen molar-refractivity contribution in [3.63, 3.8) is 0 Å². The van der Waals surface area contributed by atoms with Crippen LogP contribution in [0.3, 0.4) is 0 Å². The summed E-state index contributed by atoms with van der Waals surface area (Å²) in [6.07, 6.45) is 0.0886. The van der Waals surface area contributed by atoms with Crippen molar-refractivity contribution >= 4 is 5.91 Å². The molecule has 2 aromatic rings. The van der Waals surface area contributed by atoms with E-state index in [4.69, 9.17) is 9.47 Å². The molecule has 0 aliphatic rings. The van der Waals surface area contributed by atoms with Gasteiger partial charge in [-0.2, -0.15) is 0 Å². The maximum Gasteiger partial charge on any atom is 0.261 e. The summed E-state index contributed by atoms with van der Waals surface area (Å²) in [5.41, 5.74) is 3.15. The van der Waals surface area contributed by atoms with Gasteiger partial charge in [-0.3, -0.25) is 4.79 Å². The summed E-state index contributed by atoms with van der Waals surface area (Å²) in [6.45, 7) is 6.39. The predicted octanol–water partition coefficient (Wildman–Crippen LogP) is 3.79. The first-order valence-electron chi connectivity index (χ1n) is 8.19. The van der Waals surface area contributed by atoms with E-state index < -0.39 is 6.10 Å². The maximum atomic E-state index is 12.5. The number of para-hydroxylation sites is 1. The van der Waals surface area contributed by atoms with Crippen LogP contribution in [0.5, 0.6) is 11.5 Å². The molecule has 0 aromatic heterocycles. The van der Waals surface area contributed by atoms with E-state index >= 15 is 0 Å². The Kier molecular flexibility index (Phi) is 6.24. The minimum atomic E-state index is -0.514. The first-order chi connectivity index (χ1) is 11.6. The molecule has 0 unspecified atom stereocenters. The lowest BCUT2D eigenvalue weighted by molar-refractivity contribution is -0.128. The van der Waals surface area contributed by atoms with Crippen molar-refractivity contribution in [3.8, 4) is 11.5 Å². The Morgan fingerprint density at radius 2 is 1.79 bits per heavy atom. The number of carbonyl (C=O) groups is 1. The summed E-state index contributed by atoms with van der Waals surface area (Å²) in [7, 11) is 1.62. The average molecular weight is 327 g/mol. The number of benzene rings is 2. The Hall–Kier alpha value is -2.49. The van der Waals surface area contributed by atoms with Crippen LogP contribution in [0.2, 0.25) is 0 Å². The van der Waals surface area contributed by atoms with Gasteiger partial charge in [0, 0.05) is 12.1 Å². The number of ether oxygens (including phenoxy) is 2. The lowest BCUT2D eigenvalue weighted by Crippen LogP contribution is -2.37. The van der Waals surface area contributed by atoms with E-state index in [2.05, 4.69) is 5.32 Å². The van der Waals surface area contributed by atoms with Crippen LogP contribution in [-0.4, -0.2) is 19.1 Å². The third-order valence-electron chi connectivity index (χ3n) is 4.13. The number of aryl methyl sites for hydroxylation is 1. The molecule has 0 heterocycles. The van der Waals surface area contributed by atoms with Crippen LogP contribution in [-0.2, 0) is 11.3 Å². The minimum Gasteiger partial charge on any atom is -0.496 e. The average Bonchev–Trinajstić information content (AvgIpc) is 2.61. The van der Waals surface area contributed by atoms with Gasteiger partial charge in [-0.25, -0.2) is 0 Å². The van der Waals surface area contributed by atoms with Gasteiger partial charge in [0.1, 0.15) is 11.5 Å². The Morgan fingerprint density at radius 3 is 2.50 bits per heavy atom. The fourth-order valence-corrected chi connectivity index (χ4v) is 2.47. The summed E-state index contributed by atoms with van der Waals surface area (Å²) in [4.78, 5) is 12.5. The van der Waals surface area contributed by atoms with Gasteiger partial charge in [-0.15, -0.1) is 0 Å². The van der Waals surface area contributed by atoms with Crippen LogP contribution >= 0.6 is 0 Å². The van der Waals surface area contributed by atoms with Crippen molar-refractivity contribution in [2.24, 2.45) is 0 Å².